The zero-order valence-corrected chi connectivity index (χ0v) is 13.0. The Morgan fingerprint density at radius 2 is 1.79 bits per heavy atom. The second-order valence-corrected chi connectivity index (χ2v) is 4.89. The third-order valence-electron chi connectivity index (χ3n) is 3.49. The fraction of sp³-hybridized carbons (Fsp3) is 0.688. The predicted octanol–water partition coefficient (Wildman–Crippen LogP) is 4.39. The molecule has 0 aromatic carbocycles. The van der Waals surface area contributed by atoms with Gasteiger partial charge in [-0.3, -0.25) is 0 Å². The summed E-state index contributed by atoms with van der Waals surface area (Å²) in [5.74, 6) is 0.665. The van der Waals surface area contributed by atoms with Crippen molar-refractivity contribution in [2.75, 3.05) is 6.61 Å². The Morgan fingerprint density at radius 3 is 2.16 bits per heavy atom. The summed E-state index contributed by atoms with van der Waals surface area (Å²) in [6.45, 7) is 14.2. The molecule has 0 aromatic rings. The number of esters is 1. The lowest BCUT2D eigenvalue weighted by Crippen LogP contribution is -2.34. The summed E-state index contributed by atoms with van der Waals surface area (Å²) < 4.78 is 11.3. The SMILES string of the molecule is C=CC(=O)OC(CC)(CC)CCOC(CC)=C(C)C. The lowest BCUT2D eigenvalue weighted by atomic mass is 9.93. The highest BCUT2D eigenvalue weighted by Crippen LogP contribution is 2.26. The smallest absolute Gasteiger partial charge is 0.330 e. The standard InChI is InChI=1S/C16H28O3/c1-7-14(13(5)6)18-12-11-16(9-3,10-4)19-15(17)8-2/h8H,2,7,9-12H2,1,3-6H3. The summed E-state index contributed by atoms with van der Waals surface area (Å²) in [4.78, 5) is 11.4. The maximum absolute atomic E-state index is 11.4. The van der Waals surface area contributed by atoms with E-state index in [-0.39, 0.29) is 5.97 Å². The molecule has 110 valence electrons. The first-order valence-corrected chi connectivity index (χ1v) is 7.09. The maximum Gasteiger partial charge on any atom is 0.330 e. The summed E-state index contributed by atoms with van der Waals surface area (Å²) in [6, 6.07) is 0. The third kappa shape index (κ3) is 5.95. The number of hydrogen-bond acceptors (Lipinski definition) is 3. The minimum Gasteiger partial charge on any atom is -0.498 e. The summed E-state index contributed by atoms with van der Waals surface area (Å²) in [5.41, 5.74) is 0.760. The van der Waals surface area contributed by atoms with E-state index in [0.717, 1.165) is 25.0 Å². The average molecular weight is 268 g/mol. The van der Waals surface area contributed by atoms with Gasteiger partial charge in [0.25, 0.3) is 0 Å². The fourth-order valence-corrected chi connectivity index (χ4v) is 2.01. The van der Waals surface area contributed by atoms with E-state index in [2.05, 4.69) is 13.5 Å². The molecule has 0 heterocycles. The number of ether oxygens (including phenoxy) is 2. The second kappa shape index (κ2) is 8.78. The molecule has 0 rings (SSSR count). The van der Waals surface area contributed by atoms with Gasteiger partial charge in [-0.15, -0.1) is 0 Å². The molecule has 0 aliphatic heterocycles. The van der Waals surface area contributed by atoms with Crippen LogP contribution in [0.15, 0.2) is 24.0 Å². The van der Waals surface area contributed by atoms with Crippen LogP contribution in [0.1, 0.15) is 60.3 Å². The van der Waals surface area contributed by atoms with Crippen LogP contribution in [0.5, 0.6) is 0 Å². The van der Waals surface area contributed by atoms with E-state index in [1.54, 1.807) is 0 Å². The summed E-state index contributed by atoms with van der Waals surface area (Å²) in [6.07, 6.45) is 4.37. The fourth-order valence-electron chi connectivity index (χ4n) is 2.01. The minimum absolute atomic E-state index is 0.360. The number of carbonyl (C=O) groups is 1. The van der Waals surface area contributed by atoms with Crippen LogP contribution in [0.4, 0.5) is 0 Å². The zero-order valence-electron chi connectivity index (χ0n) is 13.0. The van der Waals surface area contributed by atoms with E-state index in [4.69, 9.17) is 9.47 Å². The Balaban J connectivity index is 4.56. The molecule has 0 radical (unpaired) electrons. The van der Waals surface area contributed by atoms with Crippen LogP contribution < -0.4 is 0 Å². The molecule has 0 aliphatic rings. The molecule has 0 aromatic heterocycles. The van der Waals surface area contributed by atoms with Crippen molar-refractivity contribution in [3.8, 4) is 0 Å². The molecular weight excluding hydrogens is 240 g/mol. The Bertz CT molecular complexity index is 321. The van der Waals surface area contributed by atoms with E-state index in [0.29, 0.717) is 13.0 Å². The van der Waals surface area contributed by atoms with Crippen molar-refractivity contribution >= 4 is 5.97 Å². The van der Waals surface area contributed by atoms with Crippen molar-refractivity contribution in [3.63, 3.8) is 0 Å². The highest BCUT2D eigenvalue weighted by Gasteiger charge is 2.29. The molecular formula is C16H28O3. The molecule has 0 saturated heterocycles. The lowest BCUT2D eigenvalue weighted by Gasteiger charge is -2.31. The molecule has 0 unspecified atom stereocenters. The van der Waals surface area contributed by atoms with Crippen LogP contribution in [-0.2, 0) is 14.3 Å². The quantitative estimate of drug-likeness (QED) is 0.353. The third-order valence-corrected chi connectivity index (χ3v) is 3.49. The monoisotopic (exact) mass is 268 g/mol. The Labute approximate surface area is 117 Å². The molecule has 0 bridgehead atoms. The highest BCUT2D eigenvalue weighted by atomic mass is 16.6. The lowest BCUT2D eigenvalue weighted by molar-refractivity contribution is -0.156. The first-order chi connectivity index (χ1) is 8.94. The van der Waals surface area contributed by atoms with Crippen molar-refractivity contribution in [1.29, 1.82) is 0 Å². The van der Waals surface area contributed by atoms with Crippen molar-refractivity contribution in [2.45, 2.75) is 65.9 Å². The van der Waals surface area contributed by atoms with Crippen molar-refractivity contribution in [3.05, 3.63) is 24.0 Å². The largest absolute Gasteiger partial charge is 0.498 e. The van der Waals surface area contributed by atoms with Crippen LogP contribution in [0.3, 0.4) is 0 Å². The summed E-state index contributed by atoms with van der Waals surface area (Å²) in [5, 5.41) is 0. The molecule has 19 heavy (non-hydrogen) atoms. The van der Waals surface area contributed by atoms with Crippen molar-refractivity contribution in [2.24, 2.45) is 0 Å². The van der Waals surface area contributed by atoms with Crippen LogP contribution in [0.25, 0.3) is 0 Å². The average Bonchev–Trinajstić information content (AvgIpc) is 2.41. The van der Waals surface area contributed by atoms with Gasteiger partial charge in [-0.25, -0.2) is 4.79 Å². The van der Waals surface area contributed by atoms with Gasteiger partial charge in [-0.2, -0.15) is 0 Å². The normalized spacial score (nSPS) is 10.8. The zero-order chi connectivity index (χ0) is 14.9. The summed E-state index contributed by atoms with van der Waals surface area (Å²) >= 11 is 0. The molecule has 0 fully saturated rings. The summed E-state index contributed by atoms with van der Waals surface area (Å²) in [7, 11) is 0. The number of hydrogen-bond donors (Lipinski definition) is 0. The molecule has 3 nitrogen and oxygen atoms in total. The van der Waals surface area contributed by atoms with Gasteiger partial charge in [0.1, 0.15) is 5.60 Å². The molecule has 0 atom stereocenters. The highest BCUT2D eigenvalue weighted by molar-refractivity contribution is 5.81. The van der Waals surface area contributed by atoms with E-state index in [1.165, 1.54) is 11.6 Å². The van der Waals surface area contributed by atoms with Crippen molar-refractivity contribution in [1.82, 2.24) is 0 Å². The topological polar surface area (TPSA) is 35.5 Å². The molecule has 0 spiro atoms. The van der Waals surface area contributed by atoms with E-state index in [1.807, 2.05) is 27.7 Å². The van der Waals surface area contributed by atoms with Gasteiger partial charge >= 0.3 is 5.97 Å². The van der Waals surface area contributed by atoms with Gasteiger partial charge in [0.05, 0.1) is 12.4 Å². The van der Waals surface area contributed by atoms with E-state index in [9.17, 15) is 4.79 Å². The van der Waals surface area contributed by atoms with Gasteiger partial charge < -0.3 is 9.47 Å². The van der Waals surface area contributed by atoms with Crippen LogP contribution >= 0.6 is 0 Å². The van der Waals surface area contributed by atoms with Gasteiger partial charge in [0, 0.05) is 18.9 Å². The predicted molar refractivity (Wildman–Crippen MR) is 78.8 cm³/mol. The van der Waals surface area contributed by atoms with Gasteiger partial charge in [0.15, 0.2) is 0 Å². The Morgan fingerprint density at radius 1 is 1.21 bits per heavy atom. The maximum atomic E-state index is 11.4. The van der Waals surface area contributed by atoms with Crippen LogP contribution in [0.2, 0.25) is 0 Å². The van der Waals surface area contributed by atoms with Crippen molar-refractivity contribution < 1.29 is 14.3 Å². The number of rotatable bonds is 9. The molecule has 0 N–H and O–H groups in total. The number of allylic oxidation sites excluding steroid dienone is 2. The van der Waals surface area contributed by atoms with Gasteiger partial charge in [0.2, 0.25) is 0 Å². The minimum atomic E-state index is -0.439. The molecule has 0 aliphatic carbocycles. The molecule has 3 heteroatoms. The van der Waals surface area contributed by atoms with E-state index >= 15 is 0 Å². The van der Waals surface area contributed by atoms with Crippen LogP contribution in [0, 0.1) is 0 Å². The Hall–Kier alpha value is -1.25. The molecule has 0 amide bonds. The first kappa shape index (κ1) is 17.8. The second-order valence-electron chi connectivity index (χ2n) is 4.89. The first-order valence-electron chi connectivity index (χ1n) is 7.09. The van der Waals surface area contributed by atoms with Gasteiger partial charge in [-0.1, -0.05) is 27.4 Å². The van der Waals surface area contributed by atoms with E-state index < -0.39 is 5.60 Å². The number of carbonyl (C=O) groups excluding carboxylic acids is 1. The van der Waals surface area contributed by atoms with Crippen LogP contribution in [-0.4, -0.2) is 18.2 Å². The molecule has 0 saturated carbocycles. The van der Waals surface area contributed by atoms with Gasteiger partial charge in [-0.05, 0) is 32.3 Å². The Kier molecular flexibility index (Phi) is 8.21.